The number of hydrogen-bond donors (Lipinski definition) is 0. The lowest BCUT2D eigenvalue weighted by Gasteiger charge is -2.46. The average molecular weight is 435 g/mol. The molecule has 152 valence electrons. The molecular weight excluding hydrogens is 415 g/mol. The van der Waals surface area contributed by atoms with Crippen LogP contribution in [0, 0.1) is 0 Å². The molecule has 0 N–H and O–H groups in total. The van der Waals surface area contributed by atoms with Gasteiger partial charge in [-0.1, -0.05) is 35.3 Å². The summed E-state index contributed by atoms with van der Waals surface area (Å²) in [4.78, 5) is 25.1. The van der Waals surface area contributed by atoms with Crippen molar-refractivity contribution in [2.75, 3.05) is 18.7 Å². The number of carbonyl (C=O) groups is 2. The van der Waals surface area contributed by atoms with E-state index in [0.29, 0.717) is 15.7 Å². The first kappa shape index (κ1) is 21.0. The largest absolute Gasteiger partial charge is 0.460 e. The lowest BCUT2D eigenvalue weighted by molar-refractivity contribution is -0.147. The Kier molecular flexibility index (Phi) is 6.30. The standard InChI is InChI=1S/C20H20Cl2N4O3/c1-4-29-20(28)18-23-25(17-11-9-16(22)10-12-17)19(26(13(2)27)24(18)3)14-5-7-15(21)8-6-14/h5-12,19H,4H2,1-3H3/t19-/m1/s1. The minimum Gasteiger partial charge on any atom is -0.460 e. The maximum atomic E-state index is 12.6. The van der Waals surface area contributed by atoms with Crippen LogP contribution in [0.2, 0.25) is 10.0 Å². The van der Waals surface area contributed by atoms with Crippen LogP contribution in [0.15, 0.2) is 53.6 Å². The molecular formula is C20H20Cl2N4O3. The summed E-state index contributed by atoms with van der Waals surface area (Å²) in [5.41, 5.74) is 1.41. The van der Waals surface area contributed by atoms with Gasteiger partial charge in [-0.05, 0) is 48.9 Å². The predicted octanol–water partition coefficient (Wildman–Crippen LogP) is 4.08. The summed E-state index contributed by atoms with van der Waals surface area (Å²) in [7, 11) is 1.60. The Balaban J connectivity index is 2.19. The van der Waals surface area contributed by atoms with E-state index in [1.807, 2.05) is 12.1 Å². The van der Waals surface area contributed by atoms with Crippen LogP contribution in [0.3, 0.4) is 0 Å². The molecule has 1 amide bonds. The van der Waals surface area contributed by atoms with Gasteiger partial charge >= 0.3 is 5.97 Å². The Morgan fingerprint density at radius 2 is 1.59 bits per heavy atom. The number of rotatable bonds is 4. The molecule has 0 bridgehead atoms. The van der Waals surface area contributed by atoms with Crippen LogP contribution in [0.4, 0.5) is 5.69 Å². The fourth-order valence-corrected chi connectivity index (χ4v) is 3.31. The first-order valence-electron chi connectivity index (χ1n) is 8.93. The number of esters is 1. The van der Waals surface area contributed by atoms with Crippen molar-refractivity contribution in [3.05, 3.63) is 64.1 Å². The summed E-state index contributed by atoms with van der Waals surface area (Å²) in [5.74, 6) is -0.917. The number of halogens is 2. The Labute approximate surface area is 179 Å². The van der Waals surface area contributed by atoms with E-state index in [0.717, 1.165) is 5.56 Å². The van der Waals surface area contributed by atoms with E-state index in [1.165, 1.54) is 16.9 Å². The Morgan fingerprint density at radius 3 is 2.10 bits per heavy atom. The molecule has 0 aromatic heterocycles. The molecule has 1 heterocycles. The third-order valence-electron chi connectivity index (χ3n) is 4.34. The second-order valence-electron chi connectivity index (χ2n) is 6.28. The van der Waals surface area contributed by atoms with Gasteiger partial charge < -0.3 is 4.74 Å². The number of hydrazine groups is 1. The number of hydrazone groups is 1. The van der Waals surface area contributed by atoms with Gasteiger partial charge in [0.25, 0.3) is 5.84 Å². The van der Waals surface area contributed by atoms with Crippen molar-refractivity contribution in [1.29, 1.82) is 0 Å². The SMILES string of the molecule is CCOC(=O)C1=NN(c2ccc(Cl)cc2)[C@@H](c2ccc(Cl)cc2)N(C(C)=O)N1C. The summed E-state index contributed by atoms with van der Waals surface area (Å²) < 4.78 is 5.13. The molecule has 7 nitrogen and oxygen atoms in total. The highest BCUT2D eigenvalue weighted by Crippen LogP contribution is 2.35. The van der Waals surface area contributed by atoms with Gasteiger partial charge in [-0.15, -0.1) is 5.10 Å². The fraction of sp³-hybridized carbons (Fsp3) is 0.250. The highest BCUT2D eigenvalue weighted by molar-refractivity contribution is 6.35. The topological polar surface area (TPSA) is 65.5 Å². The lowest BCUT2D eigenvalue weighted by atomic mass is 10.1. The van der Waals surface area contributed by atoms with Crippen LogP contribution in [0.5, 0.6) is 0 Å². The summed E-state index contributed by atoms with van der Waals surface area (Å²) in [5, 5.41) is 10.1. The van der Waals surface area contributed by atoms with E-state index in [9.17, 15) is 9.59 Å². The minimum absolute atomic E-state index is 0.0118. The highest BCUT2D eigenvalue weighted by Gasteiger charge is 2.40. The van der Waals surface area contributed by atoms with Gasteiger partial charge in [0.1, 0.15) is 0 Å². The molecule has 1 aliphatic rings. The first-order valence-corrected chi connectivity index (χ1v) is 9.68. The van der Waals surface area contributed by atoms with Crippen molar-refractivity contribution >= 4 is 46.6 Å². The van der Waals surface area contributed by atoms with Crippen LogP contribution >= 0.6 is 23.2 Å². The van der Waals surface area contributed by atoms with Crippen LogP contribution in [0.1, 0.15) is 25.6 Å². The molecule has 1 aliphatic heterocycles. The van der Waals surface area contributed by atoms with Crippen molar-refractivity contribution in [2.24, 2.45) is 5.10 Å². The van der Waals surface area contributed by atoms with E-state index >= 15 is 0 Å². The number of likely N-dealkylation sites (N-methyl/N-ethyl adjacent to an activating group) is 1. The zero-order valence-electron chi connectivity index (χ0n) is 16.2. The van der Waals surface area contributed by atoms with Gasteiger partial charge in [0.05, 0.1) is 12.3 Å². The molecule has 0 saturated carbocycles. The van der Waals surface area contributed by atoms with Crippen molar-refractivity contribution in [1.82, 2.24) is 10.0 Å². The number of carbonyl (C=O) groups excluding carboxylic acids is 2. The molecule has 3 rings (SSSR count). The number of hydrogen-bond acceptors (Lipinski definition) is 6. The van der Waals surface area contributed by atoms with Crippen molar-refractivity contribution < 1.29 is 14.3 Å². The molecule has 0 fully saturated rings. The summed E-state index contributed by atoms with van der Waals surface area (Å²) in [6, 6.07) is 14.1. The molecule has 0 unspecified atom stereocenters. The first-order chi connectivity index (χ1) is 13.8. The fourth-order valence-electron chi connectivity index (χ4n) is 3.05. The molecule has 0 aliphatic carbocycles. The lowest BCUT2D eigenvalue weighted by Crippen LogP contribution is -2.58. The van der Waals surface area contributed by atoms with Crippen molar-refractivity contribution in [3.8, 4) is 0 Å². The second kappa shape index (κ2) is 8.71. The molecule has 29 heavy (non-hydrogen) atoms. The summed E-state index contributed by atoms with van der Waals surface area (Å²) in [6.45, 7) is 3.32. The van der Waals surface area contributed by atoms with Gasteiger partial charge in [0.2, 0.25) is 5.91 Å². The minimum atomic E-state index is -0.644. The van der Waals surface area contributed by atoms with Crippen LogP contribution in [0.25, 0.3) is 0 Å². The third-order valence-corrected chi connectivity index (χ3v) is 4.84. The van der Waals surface area contributed by atoms with Gasteiger partial charge in [-0.25, -0.2) is 14.8 Å². The van der Waals surface area contributed by atoms with E-state index in [4.69, 9.17) is 27.9 Å². The van der Waals surface area contributed by atoms with Crippen molar-refractivity contribution in [3.63, 3.8) is 0 Å². The average Bonchev–Trinajstić information content (AvgIpc) is 2.69. The van der Waals surface area contributed by atoms with E-state index in [-0.39, 0.29) is 18.3 Å². The Morgan fingerprint density at radius 1 is 1.03 bits per heavy atom. The van der Waals surface area contributed by atoms with E-state index < -0.39 is 12.1 Å². The number of ether oxygens (including phenoxy) is 1. The van der Waals surface area contributed by atoms with Crippen molar-refractivity contribution in [2.45, 2.75) is 20.0 Å². The summed E-state index contributed by atoms with van der Waals surface area (Å²) >= 11 is 12.1. The Hall–Kier alpha value is -2.77. The van der Waals surface area contributed by atoms with Crippen LogP contribution in [-0.2, 0) is 14.3 Å². The third kappa shape index (κ3) is 4.31. The van der Waals surface area contributed by atoms with E-state index in [2.05, 4.69) is 5.10 Å². The molecule has 1 atom stereocenters. The molecule has 2 aromatic carbocycles. The zero-order valence-corrected chi connectivity index (χ0v) is 17.7. The van der Waals surface area contributed by atoms with Crippen LogP contribution in [-0.4, -0.2) is 41.4 Å². The number of nitrogens with zero attached hydrogens (tertiary/aromatic N) is 4. The number of amides is 1. The maximum absolute atomic E-state index is 12.6. The highest BCUT2D eigenvalue weighted by atomic mass is 35.5. The normalized spacial score (nSPS) is 16.5. The smallest absolute Gasteiger partial charge is 0.377 e. The molecule has 0 spiro atoms. The van der Waals surface area contributed by atoms with Gasteiger partial charge in [-0.3, -0.25) is 9.80 Å². The number of anilines is 1. The molecule has 9 heteroatoms. The van der Waals surface area contributed by atoms with Gasteiger partial charge in [0.15, 0.2) is 6.17 Å². The second-order valence-corrected chi connectivity index (χ2v) is 7.15. The molecule has 2 aromatic rings. The summed E-state index contributed by atoms with van der Waals surface area (Å²) in [6.07, 6.45) is -0.644. The molecule has 0 radical (unpaired) electrons. The van der Waals surface area contributed by atoms with Gasteiger partial charge in [-0.2, -0.15) is 0 Å². The Bertz CT molecular complexity index is 932. The van der Waals surface area contributed by atoms with E-state index in [1.54, 1.807) is 55.4 Å². The monoisotopic (exact) mass is 434 g/mol. The number of amidine groups is 1. The predicted molar refractivity (Wildman–Crippen MR) is 112 cm³/mol. The quantitative estimate of drug-likeness (QED) is 0.678. The van der Waals surface area contributed by atoms with Crippen LogP contribution < -0.4 is 5.01 Å². The molecule has 0 saturated heterocycles. The zero-order chi connectivity index (χ0) is 21.1. The van der Waals surface area contributed by atoms with Gasteiger partial charge in [0, 0.05) is 24.0 Å². The maximum Gasteiger partial charge on any atom is 0.377 e. The number of benzene rings is 2.